The van der Waals surface area contributed by atoms with Gasteiger partial charge in [0.15, 0.2) is 0 Å². The van der Waals surface area contributed by atoms with Gasteiger partial charge in [-0.1, -0.05) is 23.7 Å². The SMILES string of the molecule is O=C(Nc1ccc(S(=O)(=O)N2CCC(c3nc4ccccc4[nH]3)CC2)cc1)c1ccc(Cl)c([N+](=O)[O-])c1. The number of nitrogens with one attached hydrogen (secondary N) is 2. The fourth-order valence-corrected chi connectivity index (χ4v) is 6.05. The van der Waals surface area contributed by atoms with Gasteiger partial charge >= 0.3 is 0 Å². The molecule has 12 heteroatoms. The quantitative estimate of drug-likeness (QED) is 0.263. The molecule has 37 heavy (non-hydrogen) atoms. The van der Waals surface area contributed by atoms with Crippen LogP contribution in [0.1, 0.15) is 34.9 Å². The number of anilines is 1. The summed E-state index contributed by atoms with van der Waals surface area (Å²) in [6.45, 7) is 0.746. The molecule has 3 aromatic carbocycles. The van der Waals surface area contributed by atoms with E-state index in [1.165, 1.54) is 40.7 Å². The van der Waals surface area contributed by atoms with Gasteiger partial charge in [-0.25, -0.2) is 13.4 Å². The molecular formula is C25H22ClN5O5S. The number of imidazole rings is 1. The van der Waals surface area contributed by atoms with Crippen molar-refractivity contribution in [2.24, 2.45) is 0 Å². The van der Waals surface area contributed by atoms with Crippen LogP contribution in [0.4, 0.5) is 11.4 Å². The second-order valence-corrected chi connectivity index (χ2v) is 11.1. The summed E-state index contributed by atoms with van der Waals surface area (Å²) >= 11 is 5.80. The largest absolute Gasteiger partial charge is 0.342 e. The van der Waals surface area contributed by atoms with Crippen molar-refractivity contribution in [3.05, 3.63) is 93.3 Å². The van der Waals surface area contributed by atoms with E-state index >= 15 is 0 Å². The van der Waals surface area contributed by atoms with Gasteiger partial charge in [-0.15, -0.1) is 0 Å². The van der Waals surface area contributed by atoms with Gasteiger partial charge in [0.05, 0.1) is 20.9 Å². The van der Waals surface area contributed by atoms with Crippen LogP contribution in [0.2, 0.25) is 5.02 Å². The van der Waals surface area contributed by atoms with Crippen molar-refractivity contribution in [3.8, 4) is 0 Å². The van der Waals surface area contributed by atoms with Crippen LogP contribution in [-0.4, -0.2) is 46.6 Å². The highest BCUT2D eigenvalue weighted by atomic mass is 35.5. The number of H-pyrrole nitrogens is 1. The number of rotatable bonds is 6. The van der Waals surface area contributed by atoms with E-state index in [1.54, 1.807) is 0 Å². The minimum atomic E-state index is -3.71. The molecule has 10 nitrogen and oxygen atoms in total. The van der Waals surface area contributed by atoms with Gasteiger partial charge in [0.25, 0.3) is 11.6 Å². The van der Waals surface area contributed by atoms with Crippen molar-refractivity contribution >= 4 is 49.9 Å². The number of benzene rings is 3. The topological polar surface area (TPSA) is 138 Å². The van der Waals surface area contributed by atoms with Gasteiger partial charge in [0, 0.05) is 36.3 Å². The number of hydrogen-bond acceptors (Lipinski definition) is 6. The van der Waals surface area contributed by atoms with Crippen LogP contribution in [0.15, 0.2) is 71.6 Å². The van der Waals surface area contributed by atoms with Crippen molar-refractivity contribution < 1.29 is 18.1 Å². The summed E-state index contributed by atoms with van der Waals surface area (Å²) in [6, 6.07) is 17.4. The van der Waals surface area contributed by atoms with Crippen molar-refractivity contribution in [3.63, 3.8) is 0 Å². The number of amides is 1. The molecule has 4 aromatic rings. The third kappa shape index (κ3) is 5.06. The Balaban J connectivity index is 1.23. The standard InChI is InChI=1S/C25H22ClN5O5S/c26-20-10-5-17(15-23(20)31(33)34)25(32)27-18-6-8-19(9-7-18)37(35,36)30-13-11-16(12-14-30)24-28-21-3-1-2-4-22(21)29-24/h1-10,15-16H,11-14H2,(H,27,32)(H,28,29). The maximum absolute atomic E-state index is 13.2. The van der Waals surface area contributed by atoms with Crippen molar-refractivity contribution in [2.45, 2.75) is 23.7 Å². The summed E-state index contributed by atoms with van der Waals surface area (Å²) in [5.74, 6) is 0.451. The number of aromatic amines is 1. The van der Waals surface area contributed by atoms with Crippen molar-refractivity contribution in [1.29, 1.82) is 0 Å². The minimum Gasteiger partial charge on any atom is -0.342 e. The number of para-hydroxylation sites is 2. The van der Waals surface area contributed by atoms with Crippen LogP contribution in [0, 0.1) is 10.1 Å². The number of fused-ring (bicyclic) bond motifs is 1. The van der Waals surface area contributed by atoms with Crippen molar-refractivity contribution in [2.75, 3.05) is 18.4 Å². The molecule has 5 rings (SSSR count). The Kier molecular flexibility index (Phi) is 6.67. The molecule has 190 valence electrons. The van der Waals surface area contributed by atoms with E-state index in [9.17, 15) is 23.3 Å². The van der Waals surface area contributed by atoms with Crippen LogP contribution in [-0.2, 0) is 10.0 Å². The lowest BCUT2D eigenvalue weighted by Crippen LogP contribution is -2.38. The van der Waals surface area contributed by atoms with E-state index in [0.29, 0.717) is 31.6 Å². The Morgan fingerprint density at radius 1 is 1.08 bits per heavy atom. The molecule has 1 amide bonds. The fourth-order valence-electron chi connectivity index (χ4n) is 4.39. The number of hydrogen-bond donors (Lipinski definition) is 2. The molecule has 0 unspecified atom stereocenters. The number of nitro benzene ring substituents is 1. The highest BCUT2D eigenvalue weighted by molar-refractivity contribution is 7.89. The summed E-state index contributed by atoms with van der Waals surface area (Å²) in [7, 11) is -3.71. The molecule has 0 saturated carbocycles. The van der Waals surface area contributed by atoms with Crippen LogP contribution in [0.3, 0.4) is 0 Å². The van der Waals surface area contributed by atoms with Gasteiger partial charge in [-0.05, 0) is 61.4 Å². The number of carbonyl (C=O) groups is 1. The van der Waals surface area contributed by atoms with Crippen LogP contribution >= 0.6 is 11.6 Å². The normalized spacial score (nSPS) is 15.1. The first kappa shape index (κ1) is 24.9. The maximum Gasteiger partial charge on any atom is 0.288 e. The van der Waals surface area contributed by atoms with Crippen LogP contribution < -0.4 is 5.32 Å². The molecule has 0 radical (unpaired) electrons. The summed E-state index contributed by atoms with van der Waals surface area (Å²) in [5, 5.41) is 13.6. The first-order valence-corrected chi connectivity index (χ1v) is 13.3. The Hall–Kier alpha value is -3.80. The third-order valence-electron chi connectivity index (χ3n) is 6.40. The van der Waals surface area contributed by atoms with Crippen molar-refractivity contribution in [1.82, 2.24) is 14.3 Å². The Labute approximate surface area is 217 Å². The van der Waals surface area contributed by atoms with Crippen LogP contribution in [0.5, 0.6) is 0 Å². The summed E-state index contributed by atoms with van der Waals surface area (Å²) in [5.41, 5.74) is 1.90. The molecule has 0 atom stereocenters. The molecule has 0 bridgehead atoms. The maximum atomic E-state index is 13.2. The molecule has 1 saturated heterocycles. The van der Waals surface area contributed by atoms with E-state index in [2.05, 4.69) is 15.3 Å². The Morgan fingerprint density at radius 3 is 2.46 bits per heavy atom. The number of nitrogens with zero attached hydrogens (tertiary/aromatic N) is 3. The molecule has 1 aliphatic heterocycles. The zero-order chi connectivity index (χ0) is 26.2. The predicted molar refractivity (Wildman–Crippen MR) is 139 cm³/mol. The van der Waals surface area contributed by atoms with E-state index < -0.39 is 20.9 Å². The van der Waals surface area contributed by atoms with Gasteiger partial charge in [0.2, 0.25) is 10.0 Å². The van der Waals surface area contributed by atoms with Gasteiger partial charge in [-0.2, -0.15) is 4.31 Å². The average Bonchev–Trinajstić information content (AvgIpc) is 3.33. The number of halogens is 1. The molecule has 1 fully saturated rings. The summed E-state index contributed by atoms with van der Waals surface area (Å²) in [6.07, 6.45) is 1.31. The second kappa shape index (κ2) is 9.92. The van der Waals surface area contributed by atoms with E-state index in [0.717, 1.165) is 22.9 Å². The lowest BCUT2D eigenvalue weighted by atomic mass is 9.97. The van der Waals surface area contributed by atoms with Gasteiger partial charge < -0.3 is 10.3 Å². The summed E-state index contributed by atoms with van der Waals surface area (Å²) in [4.78, 5) is 31.0. The highest BCUT2D eigenvalue weighted by Gasteiger charge is 2.31. The molecule has 2 heterocycles. The first-order valence-electron chi connectivity index (χ1n) is 11.5. The smallest absolute Gasteiger partial charge is 0.288 e. The zero-order valence-electron chi connectivity index (χ0n) is 19.4. The fraction of sp³-hybridized carbons (Fsp3) is 0.200. The van der Waals surface area contributed by atoms with Gasteiger partial charge in [-0.3, -0.25) is 14.9 Å². The van der Waals surface area contributed by atoms with E-state index in [4.69, 9.17) is 11.6 Å². The number of nitro groups is 1. The molecule has 2 N–H and O–H groups in total. The number of sulfonamides is 1. The average molecular weight is 540 g/mol. The molecule has 1 aliphatic rings. The molecule has 0 aliphatic carbocycles. The lowest BCUT2D eigenvalue weighted by Gasteiger charge is -2.30. The van der Waals surface area contributed by atoms with E-state index in [1.807, 2.05) is 24.3 Å². The monoisotopic (exact) mass is 539 g/mol. The first-order chi connectivity index (χ1) is 17.7. The minimum absolute atomic E-state index is 0.0557. The molecule has 0 spiro atoms. The zero-order valence-corrected chi connectivity index (χ0v) is 21.0. The number of piperidine rings is 1. The lowest BCUT2D eigenvalue weighted by molar-refractivity contribution is -0.384. The van der Waals surface area contributed by atoms with Crippen LogP contribution in [0.25, 0.3) is 11.0 Å². The number of aromatic nitrogens is 2. The Bertz CT molecular complexity index is 1560. The summed E-state index contributed by atoms with van der Waals surface area (Å²) < 4.78 is 27.9. The Morgan fingerprint density at radius 2 is 1.78 bits per heavy atom. The predicted octanol–water partition coefficient (Wildman–Crippen LogP) is 4.95. The highest BCUT2D eigenvalue weighted by Crippen LogP contribution is 2.31. The van der Waals surface area contributed by atoms with Gasteiger partial charge in [0.1, 0.15) is 10.8 Å². The van der Waals surface area contributed by atoms with E-state index in [-0.39, 0.29) is 27.1 Å². The second-order valence-electron chi connectivity index (χ2n) is 8.72. The molecular weight excluding hydrogens is 518 g/mol. The third-order valence-corrected chi connectivity index (χ3v) is 8.64. The molecule has 1 aromatic heterocycles. The number of carbonyl (C=O) groups excluding carboxylic acids is 1.